The highest BCUT2D eigenvalue weighted by atomic mass is 19.3. The molecule has 5 heteroatoms. The number of alkyl halides is 2. The lowest BCUT2D eigenvalue weighted by Crippen LogP contribution is -2.30. The van der Waals surface area contributed by atoms with Crippen LogP contribution in [0.15, 0.2) is 30.3 Å². The molecule has 1 aromatic rings. The van der Waals surface area contributed by atoms with E-state index in [2.05, 4.69) is 10.1 Å². The predicted molar refractivity (Wildman–Crippen MR) is 72.5 cm³/mol. The van der Waals surface area contributed by atoms with Crippen LogP contribution in [-0.2, 0) is 4.79 Å². The Morgan fingerprint density at radius 3 is 2.50 bits per heavy atom. The molecule has 1 amide bonds. The van der Waals surface area contributed by atoms with Gasteiger partial charge in [-0.1, -0.05) is 25.0 Å². The normalized spacial score (nSPS) is 15.9. The Bertz CT molecular complexity index is 465. The summed E-state index contributed by atoms with van der Waals surface area (Å²) in [6.07, 6.45) is 7.52. The minimum absolute atomic E-state index is 0.104. The molecule has 1 aliphatic rings. The van der Waals surface area contributed by atoms with E-state index in [1.165, 1.54) is 31.1 Å². The van der Waals surface area contributed by atoms with Crippen molar-refractivity contribution in [2.45, 2.75) is 38.3 Å². The number of ether oxygens (including phenoxy) is 1. The first-order valence-electron chi connectivity index (χ1n) is 6.67. The Kier molecular flexibility index (Phi) is 5.09. The van der Waals surface area contributed by atoms with Gasteiger partial charge in [0.2, 0.25) is 5.91 Å². The molecule has 108 valence electrons. The summed E-state index contributed by atoms with van der Waals surface area (Å²) < 4.78 is 28.2. The highest BCUT2D eigenvalue weighted by Crippen LogP contribution is 2.18. The standard InChI is InChI=1S/C15H17F2NO2/c16-15(17)20-13-8-5-11(6-9-13)7-10-14(19)18-12-3-1-2-4-12/h5-10,12,15H,1-4H2,(H,18,19). The molecule has 20 heavy (non-hydrogen) atoms. The predicted octanol–water partition coefficient (Wildman–Crippen LogP) is 3.36. The number of rotatable bonds is 5. The molecule has 3 nitrogen and oxygen atoms in total. The lowest BCUT2D eigenvalue weighted by atomic mass is 10.2. The van der Waals surface area contributed by atoms with Crippen molar-refractivity contribution >= 4 is 12.0 Å². The largest absolute Gasteiger partial charge is 0.435 e. The molecule has 2 rings (SSSR count). The number of nitrogens with one attached hydrogen (secondary N) is 1. The summed E-state index contributed by atoms with van der Waals surface area (Å²) in [6, 6.07) is 6.42. The van der Waals surface area contributed by atoms with Crippen LogP contribution in [0.1, 0.15) is 31.2 Å². The van der Waals surface area contributed by atoms with Crippen LogP contribution in [0.25, 0.3) is 6.08 Å². The molecular weight excluding hydrogens is 264 g/mol. The molecule has 0 heterocycles. The fourth-order valence-corrected chi connectivity index (χ4v) is 2.25. The van der Waals surface area contributed by atoms with Gasteiger partial charge >= 0.3 is 6.61 Å². The smallest absolute Gasteiger partial charge is 0.387 e. The van der Waals surface area contributed by atoms with Crippen molar-refractivity contribution in [3.8, 4) is 5.75 Å². The molecule has 1 N–H and O–H groups in total. The van der Waals surface area contributed by atoms with Crippen LogP contribution in [0, 0.1) is 0 Å². The number of halogens is 2. The van der Waals surface area contributed by atoms with Gasteiger partial charge in [-0.05, 0) is 36.6 Å². The van der Waals surface area contributed by atoms with Gasteiger partial charge in [-0.15, -0.1) is 0 Å². The van der Waals surface area contributed by atoms with Crippen molar-refractivity contribution in [3.63, 3.8) is 0 Å². The summed E-state index contributed by atoms with van der Waals surface area (Å²) in [6.45, 7) is -2.83. The summed E-state index contributed by atoms with van der Waals surface area (Å²) in [7, 11) is 0. The molecule has 1 aromatic carbocycles. The Hall–Kier alpha value is -1.91. The van der Waals surface area contributed by atoms with Crippen molar-refractivity contribution in [2.24, 2.45) is 0 Å². The fourth-order valence-electron chi connectivity index (χ4n) is 2.25. The third-order valence-electron chi connectivity index (χ3n) is 3.23. The van der Waals surface area contributed by atoms with Crippen molar-refractivity contribution in [2.75, 3.05) is 0 Å². The molecule has 1 fully saturated rings. The van der Waals surface area contributed by atoms with Gasteiger partial charge in [0.1, 0.15) is 5.75 Å². The van der Waals surface area contributed by atoms with Crippen LogP contribution < -0.4 is 10.1 Å². The Morgan fingerprint density at radius 1 is 1.25 bits per heavy atom. The molecule has 1 saturated carbocycles. The minimum atomic E-state index is -2.83. The monoisotopic (exact) mass is 281 g/mol. The zero-order valence-electron chi connectivity index (χ0n) is 11.0. The SMILES string of the molecule is O=C(C=Cc1ccc(OC(F)F)cc1)NC1CCCC1. The third-order valence-corrected chi connectivity index (χ3v) is 3.23. The van der Waals surface area contributed by atoms with Crippen LogP contribution in [0.5, 0.6) is 5.75 Å². The van der Waals surface area contributed by atoms with Gasteiger partial charge in [0.15, 0.2) is 0 Å². The van der Waals surface area contributed by atoms with E-state index in [-0.39, 0.29) is 17.7 Å². The number of amides is 1. The lowest BCUT2D eigenvalue weighted by molar-refractivity contribution is -0.117. The van der Waals surface area contributed by atoms with Crippen molar-refractivity contribution < 1.29 is 18.3 Å². The van der Waals surface area contributed by atoms with E-state index in [1.54, 1.807) is 18.2 Å². The number of benzene rings is 1. The van der Waals surface area contributed by atoms with E-state index in [0.717, 1.165) is 18.4 Å². The highest BCUT2D eigenvalue weighted by Gasteiger charge is 2.15. The summed E-state index contributed by atoms with van der Waals surface area (Å²) in [5, 5.41) is 2.94. The number of hydrogen-bond donors (Lipinski definition) is 1. The minimum Gasteiger partial charge on any atom is -0.435 e. The molecule has 0 aliphatic heterocycles. The highest BCUT2D eigenvalue weighted by molar-refractivity contribution is 5.91. The van der Waals surface area contributed by atoms with Gasteiger partial charge in [0.05, 0.1) is 0 Å². The Labute approximate surface area is 116 Å². The molecule has 0 spiro atoms. The van der Waals surface area contributed by atoms with Crippen molar-refractivity contribution in [1.82, 2.24) is 5.32 Å². The summed E-state index contributed by atoms with van der Waals surface area (Å²) in [4.78, 5) is 11.7. The van der Waals surface area contributed by atoms with Gasteiger partial charge in [0.25, 0.3) is 0 Å². The first-order valence-corrected chi connectivity index (χ1v) is 6.67. The van der Waals surface area contributed by atoms with E-state index in [0.29, 0.717) is 0 Å². The number of hydrogen-bond acceptors (Lipinski definition) is 2. The van der Waals surface area contributed by atoms with Gasteiger partial charge < -0.3 is 10.1 Å². The lowest BCUT2D eigenvalue weighted by Gasteiger charge is -2.09. The average Bonchev–Trinajstić information content (AvgIpc) is 2.90. The van der Waals surface area contributed by atoms with Crippen molar-refractivity contribution in [3.05, 3.63) is 35.9 Å². The van der Waals surface area contributed by atoms with E-state index < -0.39 is 6.61 Å². The Morgan fingerprint density at radius 2 is 1.90 bits per heavy atom. The molecule has 0 saturated heterocycles. The number of carbonyl (C=O) groups excluding carboxylic acids is 1. The van der Waals surface area contributed by atoms with Crippen LogP contribution >= 0.6 is 0 Å². The van der Waals surface area contributed by atoms with Gasteiger partial charge in [-0.2, -0.15) is 8.78 Å². The molecule has 0 radical (unpaired) electrons. The third kappa shape index (κ3) is 4.64. The van der Waals surface area contributed by atoms with E-state index >= 15 is 0 Å². The fraction of sp³-hybridized carbons (Fsp3) is 0.400. The zero-order valence-corrected chi connectivity index (χ0v) is 11.0. The van der Waals surface area contributed by atoms with E-state index in [1.807, 2.05) is 0 Å². The summed E-state index contributed by atoms with van der Waals surface area (Å²) >= 11 is 0. The molecular formula is C15H17F2NO2. The van der Waals surface area contributed by atoms with Crippen LogP contribution in [0.3, 0.4) is 0 Å². The molecule has 0 unspecified atom stereocenters. The first kappa shape index (κ1) is 14.5. The van der Waals surface area contributed by atoms with Crippen molar-refractivity contribution in [1.29, 1.82) is 0 Å². The maximum absolute atomic E-state index is 12.0. The second-order valence-electron chi connectivity index (χ2n) is 4.77. The number of carbonyl (C=O) groups is 1. The van der Waals surface area contributed by atoms with Crippen LogP contribution in [0.2, 0.25) is 0 Å². The van der Waals surface area contributed by atoms with E-state index in [4.69, 9.17) is 0 Å². The summed E-state index contributed by atoms with van der Waals surface area (Å²) in [5.74, 6) is -0.0163. The van der Waals surface area contributed by atoms with Gasteiger partial charge in [0, 0.05) is 12.1 Å². The van der Waals surface area contributed by atoms with Gasteiger partial charge in [-0.25, -0.2) is 0 Å². The molecule has 1 aliphatic carbocycles. The summed E-state index contributed by atoms with van der Waals surface area (Å²) in [5.41, 5.74) is 0.758. The van der Waals surface area contributed by atoms with Gasteiger partial charge in [-0.3, -0.25) is 4.79 Å². The molecule has 0 bridgehead atoms. The maximum atomic E-state index is 12.0. The average molecular weight is 281 g/mol. The second-order valence-corrected chi connectivity index (χ2v) is 4.77. The topological polar surface area (TPSA) is 38.3 Å². The van der Waals surface area contributed by atoms with Crippen LogP contribution in [-0.4, -0.2) is 18.6 Å². The molecule has 0 aromatic heterocycles. The second kappa shape index (κ2) is 7.03. The first-order chi connectivity index (χ1) is 9.63. The maximum Gasteiger partial charge on any atom is 0.387 e. The van der Waals surface area contributed by atoms with Crippen LogP contribution in [0.4, 0.5) is 8.78 Å². The Balaban J connectivity index is 1.85. The molecule has 0 atom stereocenters. The quantitative estimate of drug-likeness (QED) is 0.840. The zero-order chi connectivity index (χ0) is 14.4. The van der Waals surface area contributed by atoms with E-state index in [9.17, 15) is 13.6 Å².